The quantitative estimate of drug-likeness (QED) is 0.553. The summed E-state index contributed by atoms with van der Waals surface area (Å²) in [6, 6.07) is 0. The average molecular weight is 105 g/mol. The summed E-state index contributed by atoms with van der Waals surface area (Å²) in [5.41, 5.74) is 0. The molecule has 1 unspecified atom stereocenters. The molecule has 0 heterocycles. The van der Waals surface area contributed by atoms with Crippen LogP contribution in [0.5, 0.6) is 0 Å². The van der Waals surface area contributed by atoms with Crippen LogP contribution in [0.1, 0.15) is 0 Å². The molecule has 0 aliphatic rings. The zero-order chi connectivity index (χ0) is 4.99. The Hall–Kier alpha value is 0.310. The third-order valence-corrected chi connectivity index (χ3v) is 1.08. The van der Waals surface area contributed by atoms with Crippen LogP contribution >= 0.6 is 11.8 Å². The lowest BCUT2D eigenvalue weighted by atomic mass is 10.5. The van der Waals surface area contributed by atoms with Gasteiger partial charge >= 0.3 is 0 Å². The van der Waals surface area contributed by atoms with Crippen molar-refractivity contribution < 1.29 is 5.11 Å². The van der Waals surface area contributed by atoms with Crippen molar-refractivity contribution in [1.29, 1.82) is 0 Å². The summed E-state index contributed by atoms with van der Waals surface area (Å²) in [4.78, 5) is 0. The molecule has 0 aliphatic carbocycles. The van der Waals surface area contributed by atoms with Gasteiger partial charge in [0.15, 0.2) is 0 Å². The van der Waals surface area contributed by atoms with Crippen molar-refractivity contribution in [3.05, 3.63) is 6.92 Å². The number of aliphatic hydroxyl groups is 1. The number of aliphatic hydroxyl groups excluding tert-OH is 1. The van der Waals surface area contributed by atoms with Crippen LogP contribution in [-0.2, 0) is 0 Å². The van der Waals surface area contributed by atoms with Gasteiger partial charge in [0.25, 0.3) is 0 Å². The molecule has 1 atom stereocenters. The molecule has 0 spiro atoms. The highest BCUT2D eigenvalue weighted by Crippen LogP contribution is 1.93. The summed E-state index contributed by atoms with van der Waals surface area (Å²) in [7, 11) is 0. The van der Waals surface area contributed by atoms with E-state index in [2.05, 4.69) is 6.92 Å². The Morgan fingerprint density at radius 2 is 2.50 bits per heavy atom. The molecule has 0 saturated heterocycles. The van der Waals surface area contributed by atoms with Crippen molar-refractivity contribution in [3.63, 3.8) is 0 Å². The molecule has 1 N–H and O–H groups in total. The van der Waals surface area contributed by atoms with Crippen LogP contribution in [0, 0.1) is 6.92 Å². The van der Waals surface area contributed by atoms with E-state index in [0.29, 0.717) is 0 Å². The van der Waals surface area contributed by atoms with Gasteiger partial charge in [-0.3, -0.25) is 0 Å². The maximum Gasteiger partial charge on any atom is 0.0631 e. The van der Waals surface area contributed by atoms with Gasteiger partial charge in [0.2, 0.25) is 0 Å². The highest BCUT2D eigenvalue weighted by molar-refractivity contribution is 7.98. The van der Waals surface area contributed by atoms with Gasteiger partial charge in [-0.15, -0.1) is 0 Å². The van der Waals surface area contributed by atoms with Crippen molar-refractivity contribution in [3.8, 4) is 0 Å². The van der Waals surface area contributed by atoms with Gasteiger partial charge in [-0.1, -0.05) is 0 Å². The molecular weight excluding hydrogens is 96.1 g/mol. The molecule has 0 saturated carbocycles. The monoisotopic (exact) mass is 105 g/mol. The molecule has 6 heavy (non-hydrogen) atoms. The number of thioether (sulfide) groups is 1. The summed E-state index contributed by atoms with van der Waals surface area (Å²) in [6.45, 7) is 3.36. The first-order valence-electron chi connectivity index (χ1n) is 1.77. The fourth-order valence-corrected chi connectivity index (χ4v) is 0.577. The van der Waals surface area contributed by atoms with Gasteiger partial charge in [-0.25, -0.2) is 0 Å². The second-order valence-corrected chi connectivity index (χ2v) is 2.02. The van der Waals surface area contributed by atoms with Crippen molar-refractivity contribution >= 4 is 11.8 Å². The van der Waals surface area contributed by atoms with E-state index in [9.17, 15) is 0 Å². The topological polar surface area (TPSA) is 20.2 Å². The third kappa shape index (κ3) is 4.31. The van der Waals surface area contributed by atoms with Gasteiger partial charge in [-0.2, -0.15) is 11.8 Å². The van der Waals surface area contributed by atoms with Crippen molar-refractivity contribution in [2.24, 2.45) is 0 Å². The minimum atomic E-state index is -0.389. The molecular formula is C4H9OS. The van der Waals surface area contributed by atoms with E-state index in [1.807, 2.05) is 6.26 Å². The minimum Gasteiger partial charge on any atom is -0.392 e. The van der Waals surface area contributed by atoms with E-state index in [0.717, 1.165) is 5.75 Å². The fraction of sp³-hybridized carbons (Fsp3) is 0.750. The molecule has 0 aliphatic heterocycles. The molecule has 1 nitrogen and oxygen atoms in total. The van der Waals surface area contributed by atoms with E-state index in [4.69, 9.17) is 5.11 Å². The number of hydrogen-bond donors (Lipinski definition) is 1. The lowest BCUT2D eigenvalue weighted by Crippen LogP contribution is -2.01. The second kappa shape index (κ2) is 3.50. The lowest BCUT2D eigenvalue weighted by molar-refractivity contribution is 0.246. The van der Waals surface area contributed by atoms with Crippen molar-refractivity contribution in [2.45, 2.75) is 6.10 Å². The summed E-state index contributed by atoms with van der Waals surface area (Å²) >= 11 is 1.60. The van der Waals surface area contributed by atoms with Crippen LogP contribution in [-0.4, -0.2) is 23.2 Å². The fourth-order valence-electron chi connectivity index (χ4n) is 0.192. The molecule has 0 aromatic heterocycles. The van der Waals surface area contributed by atoms with Crippen LogP contribution in [0.25, 0.3) is 0 Å². The Morgan fingerprint density at radius 3 is 2.50 bits per heavy atom. The van der Waals surface area contributed by atoms with Gasteiger partial charge in [-0.05, 0) is 13.2 Å². The van der Waals surface area contributed by atoms with E-state index < -0.39 is 0 Å². The van der Waals surface area contributed by atoms with E-state index in [1.165, 1.54) is 0 Å². The van der Waals surface area contributed by atoms with Crippen LogP contribution in [0.2, 0.25) is 0 Å². The second-order valence-electron chi connectivity index (χ2n) is 1.11. The van der Waals surface area contributed by atoms with Crippen LogP contribution in [0.3, 0.4) is 0 Å². The maximum atomic E-state index is 8.42. The molecule has 0 amide bonds. The molecule has 0 bridgehead atoms. The normalized spacial score (nSPS) is 14.5. The number of rotatable bonds is 2. The van der Waals surface area contributed by atoms with Gasteiger partial charge < -0.3 is 5.11 Å². The maximum absolute atomic E-state index is 8.42. The van der Waals surface area contributed by atoms with Gasteiger partial charge in [0, 0.05) is 5.75 Å². The van der Waals surface area contributed by atoms with Crippen LogP contribution in [0.15, 0.2) is 0 Å². The molecule has 0 aromatic carbocycles. The lowest BCUT2D eigenvalue weighted by Gasteiger charge is -1.95. The first kappa shape index (κ1) is 6.31. The standard InChI is InChI=1S/C4H9OS/c1-4(5)3-6-2/h4-5H,1,3H2,2H3. The Balaban J connectivity index is 2.63. The molecule has 1 radical (unpaired) electrons. The van der Waals surface area contributed by atoms with E-state index in [1.54, 1.807) is 11.8 Å². The Morgan fingerprint density at radius 1 is 2.00 bits per heavy atom. The van der Waals surface area contributed by atoms with Gasteiger partial charge in [0.05, 0.1) is 6.10 Å². The van der Waals surface area contributed by atoms with Crippen LogP contribution in [0.4, 0.5) is 0 Å². The predicted octanol–water partition coefficient (Wildman–Crippen LogP) is 0.544. The Kier molecular flexibility index (Phi) is 3.68. The van der Waals surface area contributed by atoms with Crippen molar-refractivity contribution in [1.82, 2.24) is 0 Å². The summed E-state index contributed by atoms with van der Waals surface area (Å²) < 4.78 is 0. The molecule has 2 heteroatoms. The van der Waals surface area contributed by atoms with Crippen molar-refractivity contribution in [2.75, 3.05) is 12.0 Å². The molecule has 0 aromatic rings. The number of hydrogen-bond acceptors (Lipinski definition) is 2. The smallest absolute Gasteiger partial charge is 0.0631 e. The Labute approximate surface area is 42.8 Å². The largest absolute Gasteiger partial charge is 0.392 e. The van der Waals surface area contributed by atoms with Crippen LogP contribution < -0.4 is 0 Å². The predicted molar refractivity (Wildman–Crippen MR) is 29.7 cm³/mol. The Bertz CT molecular complexity index is 28.7. The minimum absolute atomic E-state index is 0.389. The summed E-state index contributed by atoms with van der Waals surface area (Å²) in [5, 5.41) is 8.42. The highest BCUT2D eigenvalue weighted by atomic mass is 32.2. The molecule has 0 fully saturated rings. The first-order chi connectivity index (χ1) is 2.77. The molecule has 0 rings (SSSR count). The van der Waals surface area contributed by atoms with E-state index in [-0.39, 0.29) is 6.10 Å². The summed E-state index contributed by atoms with van der Waals surface area (Å²) in [5.74, 6) is 0.736. The molecule has 37 valence electrons. The first-order valence-corrected chi connectivity index (χ1v) is 3.17. The van der Waals surface area contributed by atoms with Gasteiger partial charge in [0.1, 0.15) is 0 Å². The zero-order valence-electron chi connectivity index (χ0n) is 3.85. The summed E-state index contributed by atoms with van der Waals surface area (Å²) in [6.07, 6.45) is 1.55. The highest BCUT2D eigenvalue weighted by Gasteiger charge is 1.87. The zero-order valence-corrected chi connectivity index (χ0v) is 4.66. The SMILES string of the molecule is [CH2]C(O)CSC. The van der Waals surface area contributed by atoms with E-state index >= 15 is 0 Å². The third-order valence-electron chi connectivity index (χ3n) is 0.359. The average Bonchev–Trinajstić information content (AvgIpc) is 1.35.